The van der Waals surface area contributed by atoms with Crippen LogP contribution in [-0.4, -0.2) is 23.3 Å². The highest BCUT2D eigenvalue weighted by Gasteiger charge is 2.13. The van der Waals surface area contributed by atoms with E-state index in [2.05, 4.69) is 10.5 Å². The second-order valence-corrected chi connectivity index (χ2v) is 7.48. The third-order valence-electron chi connectivity index (χ3n) is 4.86. The van der Waals surface area contributed by atoms with Gasteiger partial charge < -0.3 is 9.15 Å². The zero-order valence-electron chi connectivity index (χ0n) is 17.7. The van der Waals surface area contributed by atoms with Gasteiger partial charge in [-0.05, 0) is 36.4 Å². The van der Waals surface area contributed by atoms with Gasteiger partial charge in [0.2, 0.25) is 0 Å². The van der Waals surface area contributed by atoms with Crippen LogP contribution in [-0.2, 0) is 11.3 Å². The second-order valence-electron chi connectivity index (χ2n) is 7.04. The molecule has 0 bridgehead atoms. The van der Waals surface area contributed by atoms with Crippen LogP contribution in [0.1, 0.15) is 11.1 Å². The normalized spacial score (nSPS) is 11.8. The Balaban J connectivity index is 1.59. The zero-order chi connectivity index (χ0) is 23.2. The molecular weight excluding hydrogens is 442 g/mol. The first-order chi connectivity index (χ1) is 16.0. The molecule has 0 aliphatic carbocycles. The Morgan fingerprint density at radius 1 is 1.12 bits per heavy atom. The Labute approximate surface area is 194 Å². The zero-order valence-corrected chi connectivity index (χ0v) is 18.5. The van der Waals surface area contributed by atoms with Crippen LogP contribution < -0.4 is 15.9 Å². The van der Waals surface area contributed by atoms with E-state index < -0.39 is 11.7 Å². The van der Waals surface area contributed by atoms with Crippen molar-refractivity contribution in [1.82, 2.24) is 9.99 Å². The summed E-state index contributed by atoms with van der Waals surface area (Å²) in [4.78, 5) is 24.8. The molecule has 0 unspecified atom stereocenters. The summed E-state index contributed by atoms with van der Waals surface area (Å²) in [6, 6.07) is 21.8. The van der Waals surface area contributed by atoms with Crippen LogP contribution >= 0.6 is 11.6 Å². The third kappa shape index (κ3) is 5.22. The molecule has 3 aromatic carbocycles. The van der Waals surface area contributed by atoms with E-state index >= 15 is 0 Å². The third-order valence-corrected chi connectivity index (χ3v) is 5.10. The van der Waals surface area contributed by atoms with Gasteiger partial charge in [-0.25, -0.2) is 10.2 Å². The number of nitrogens with zero attached hydrogens (tertiary/aromatic N) is 2. The summed E-state index contributed by atoms with van der Waals surface area (Å²) < 4.78 is 11.8. The number of halogens is 1. The van der Waals surface area contributed by atoms with E-state index in [0.29, 0.717) is 21.8 Å². The van der Waals surface area contributed by atoms with Gasteiger partial charge in [0, 0.05) is 16.1 Å². The lowest BCUT2D eigenvalue weighted by molar-refractivity contribution is -0.121. The maximum atomic E-state index is 12.6. The van der Waals surface area contributed by atoms with Gasteiger partial charge in [0.05, 0.1) is 18.3 Å². The Kier molecular flexibility index (Phi) is 6.71. The van der Waals surface area contributed by atoms with Crippen molar-refractivity contribution in [1.29, 1.82) is 0 Å². The van der Waals surface area contributed by atoms with Gasteiger partial charge in [0.15, 0.2) is 5.58 Å². The first-order valence-electron chi connectivity index (χ1n) is 10.1. The van der Waals surface area contributed by atoms with E-state index in [1.54, 1.807) is 31.4 Å². The number of oxazole rings is 1. The lowest BCUT2D eigenvalue weighted by Crippen LogP contribution is -2.28. The molecule has 7 nitrogen and oxygen atoms in total. The van der Waals surface area contributed by atoms with Gasteiger partial charge in [0.1, 0.15) is 12.3 Å². The van der Waals surface area contributed by atoms with Gasteiger partial charge in [-0.1, -0.05) is 60.1 Å². The Morgan fingerprint density at radius 2 is 1.88 bits per heavy atom. The van der Waals surface area contributed by atoms with Gasteiger partial charge in [-0.2, -0.15) is 5.10 Å². The topological polar surface area (TPSA) is 85.8 Å². The van der Waals surface area contributed by atoms with E-state index in [0.717, 1.165) is 16.9 Å². The Hall–Kier alpha value is -4.10. The molecule has 33 heavy (non-hydrogen) atoms. The van der Waals surface area contributed by atoms with Crippen molar-refractivity contribution in [2.45, 2.75) is 6.54 Å². The van der Waals surface area contributed by atoms with Crippen molar-refractivity contribution >= 4 is 40.4 Å². The summed E-state index contributed by atoms with van der Waals surface area (Å²) >= 11 is 6.02. The number of hydrogen-bond acceptors (Lipinski definition) is 5. The SMILES string of the molecule is COc1ccccc1/C=C/C(=N\NC(=O)Cn1c(=O)oc2ccc(Cl)cc21)c1ccccc1. The molecule has 0 atom stereocenters. The largest absolute Gasteiger partial charge is 0.496 e. The van der Waals surface area contributed by atoms with E-state index in [1.807, 2.05) is 60.7 Å². The molecule has 0 fully saturated rings. The fourth-order valence-electron chi connectivity index (χ4n) is 3.27. The minimum absolute atomic E-state index is 0.270. The molecule has 0 spiro atoms. The molecular formula is C25H20ClN3O4. The molecule has 166 valence electrons. The van der Waals surface area contributed by atoms with Gasteiger partial charge in [-0.15, -0.1) is 0 Å². The number of rotatable bonds is 7. The molecule has 0 saturated carbocycles. The van der Waals surface area contributed by atoms with Gasteiger partial charge >= 0.3 is 5.76 Å². The van der Waals surface area contributed by atoms with Crippen LogP contribution in [0.2, 0.25) is 5.02 Å². The molecule has 1 amide bonds. The molecule has 0 radical (unpaired) electrons. The second kappa shape index (κ2) is 10.0. The fourth-order valence-corrected chi connectivity index (χ4v) is 3.43. The van der Waals surface area contributed by atoms with E-state index in [1.165, 1.54) is 4.57 Å². The summed E-state index contributed by atoms with van der Waals surface area (Å²) in [5.74, 6) is -0.417. The van der Waals surface area contributed by atoms with Crippen LogP contribution in [0.5, 0.6) is 5.75 Å². The average Bonchev–Trinajstić information content (AvgIpc) is 3.14. The number of fused-ring (bicyclic) bond motifs is 1. The van der Waals surface area contributed by atoms with Gasteiger partial charge in [-0.3, -0.25) is 9.36 Å². The van der Waals surface area contributed by atoms with Crippen molar-refractivity contribution in [3.63, 3.8) is 0 Å². The molecule has 4 rings (SSSR count). The minimum atomic E-state index is -0.647. The highest BCUT2D eigenvalue weighted by molar-refractivity contribution is 6.31. The summed E-state index contributed by atoms with van der Waals surface area (Å²) in [6.45, 7) is -0.270. The van der Waals surface area contributed by atoms with Crippen LogP contribution in [0.3, 0.4) is 0 Å². The van der Waals surface area contributed by atoms with Crippen molar-refractivity contribution < 1.29 is 13.9 Å². The van der Waals surface area contributed by atoms with E-state index in [-0.39, 0.29) is 6.54 Å². The predicted molar refractivity (Wildman–Crippen MR) is 129 cm³/mol. The van der Waals surface area contributed by atoms with Crippen molar-refractivity contribution in [2.75, 3.05) is 7.11 Å². The summed E-state index contributed by atoms with van der Waals surface area (Å²) in [7, 11) is 1.60. The molecule has 0 aliphatic rings. The van der Waals surface area contributed by atoms with E-state index in [9.17, 15) is 9.59 Å². The number of methoxy groups -OCH3 is 1. The summed E-state index contributed by atoms with van der Waals surface area (Å²) in [5.41, 5.74) is 5.51. The Morgan fingerprint density at radius 3 is 2.67 bits per heavy atom. The molecule has 1 aromatic heterocycles. The smallest absolute Gasteiger partial charge is 0.420 e. The molecule has 4 aromatic rings. The number of para-hydroxylation sites is 1. The van der Waals surface area contributed by atoms with Crippen molar-refractivity contribution in [3.05, 3.63) is 106 Å². The molecule has 8 heteroatoms. The summed E-state index contributed by atoms with van der Waals surface area (Å²) in [5, 5.41) is 4.72. The highest BCUT2D eigenvalue weighted by atomic mass is 35.5. The van der Waals surface area contributed by atoms with Crippen LogP contribution in [0.4, 0.5) is 0 Å². The number of aromatic nitrogens is 1. The maximum Gasteiger partial charge on any atom is 0.420 e. The van der Waals surface area contributed by atoms with Crippen molar-refractivity contribution in [2.24, 2.45) is 5.10 Å². The molecule has 1 heterocycles. The standard InChI is InChI=1S/C25H20ClN3O4/c1-32-22-10-6-5-9-18(22)11-13-20(17-7-3-2-4-8-17)27-28-24(30)16-29-21-15-19(26)12-14-23(21)33-25(29)31/h2-15H,16H2,1H3,(H,28,30)/b13-11+,27-20+. The summed E-state index contributed by atoms with van der Waals surface area (Å²) in [6.07, 6.45) is 3.64. The number of carbonyl (C=O) groups excluding carboxylic acids is 1. The van der Waals surface area contributed by atoms with Crippen molar-refractivity contribution in [3.8, 4) is 5.75 Å². The Bertz CT molecular complexity index is 1400. The quantitative estimate of drug-likeness (QED) is 0.324. The van der Waals surface area contributed by atoms with Crippen LogP contribution in [0.25, 0.3) is 17.2 Å². The lowest BCUT2D eigenvalue weighted by atomic mass is 10.1. The molecule has 0 aliphatic heterocycles. The number of nitrogens with one attached hydrogen (secondary N) is 1. The predicted octanol–water partition coefficient (Wildman–Crippen LogP) is 4.49. The van der Waals surface area contributed by atoms with Gasteiger partial charge in [0.25, 0.3) is 5.91 Å². The minimum Gasteiger partial charge on any atom is -0.496 e. The first-order valence-corrected chi connectivity index (χ1v) is 10.4. The van der Waals surface area contributed by atoms with E-state index in [4.69, 9.17) is 20.8 Å². The maximum absolute atomic E-state index is 12.6. The monoisotopic (exact) mass is 461 g/mol. The lowest BCUT2D eigenvalue weighted by Gasteiger charge is -2.06. The number of amides is 1. The number of ether oxygens (including phenoxy) is 1. The number of hydrogen-bond donors (Lipinski definition) is 1. The highest BCUT2D eigenvalue weighted by Crippen LogP contribution is 2.20. The fraction of sp³-hybridized carbons (Fsp3) is 0.0800. The molecule has 1 N–H and O–H groups in total. The number of carbonyl (C=O) groups is 1. The van der Waals surface area contributed by atoms with Crippen LogP contribution in [0.15, 0.2) is 93.2 Å². The molecule has 0 saturated heterocycles. The van der Waals surface area contributed by atoms with Crippen LogP contribution in [0, 0.1) is 0 Å². The number of allylic oxidation sites excluding steroid dienone is 1. The number of hydrazone groups is 1. The number of benzene rings is 3. The average molecular weight is 462 g/mol. The first kappa shape index (κ1) is 22.1.